The van der Waals surface area contributed by atoms with Gasteiger partial charge in [-0.2, -0.15) is 0 Å². The Labute approximate surface area is 186 Å². The maximum absolute atomic E-state index is 12.7. The van der Waals surface area contributed by atoms with Gasteiger partial charge in [-0.3, -0.25) is 9.59 Å². The molecule has 0 aromatic heterocycles. The number of nitrogens with one attached hydrogen (secondary N) is 2. The number of carbonyl (C=O) groups is 3. The van der Waals surface area contributed by atoms with Crippen LogP contribution in [0.5, 0.6) is 5.75 Å². The van der Waals surface area contributed by atoms with Crippen molar-refractivity contribution in [3.8, 4) is 5.75 Å². The second kappa shape index (κ2) is 12.0. The molecule has 0 heterocycles. The Morgan fingerprint density at radius 1 is 1.00 bits per heavy atom. The summed E-state index contributed by atoms with van der Waals surface area (Å²) < 4.78 is 27.0. The van der Waals surface area contributed by atoms with Crippen molar-refractivity contribution in [3.05, 3.63) is 60.2 Å². The van der Waals surface area contributed by atoms with Gasteiger partial charge in [0, 0.05) is 6.54 Å². The summed E-state index contributed by atoms with van der Waals surface area (Å²) in [6.45, 7) is 0.155. The first kappa shape index (κ1) is 25.0. The van der Waals surface area contributed by atoms with Crippen molar-refractivity contribution in [2.45, 2.75) is 42.5 Å². The van der Waals surface area contributed by atoms with Crippen LogP contribution in [0.1, 0.15) is 37.2 Å². The van der Waals surface area contributed by atoms with Crippen molar-refractivity contribution in [2.24, 2.45) is 0 Å². The molecular formula is C22H26N2O7S. The van der Waals surface area contributed by atoms with Gasteiger partial charge in [0.05, 0.1) is 23.3 Å². The van der Waals surface area contributed by atoms with Gasteiger partial charge in [0.25, 0.3) is 0 Å². The fraction of sp³-hybridized carbons (Fsp3) is 0.318. The zero-order valence-electron chi connectivity index (χ0n) is 17.3. The van der Waals surface area contributed by atoms with Crippen LogP contribution in [0.15, 0.2) is 59.5 Å². The van der Waals surface area contributed by atoms with Gasteiger partial charge >= 0.3 is 5.97 Å². The number of aromatic hydroxyl groups is 1. The van der Waals surface area contributed by atoms with Gasteiger partial charge in [-0.05, 0) is 42.7 Å². The Morgan fingerprint density at radius 2 is 1.66 bits per heavy atom. The topological polar surface area (TPSA) is 150 Å². The monoisotopic (exact) mass is 462 g/mol. The molecule has 2 atom stereocenters. The highest BCUT2D eigenvalue weighted by Gasteiger charge is 2.24. The number of carboxylic acids is 1. The Morgan fingerprint density at radius 3 is 2.25 bits per heavy atom. The molecule has 0 bridgehead atoms. The predicted octanol–water partition coefficient (Wildman–Crippen LogP) is 1.78. The van der Waals surface area contributed by atoms with Crippen molar-refractivity contribution in [3.63, 3.8) is 0 Å². The lowest BCUT2D eigenvalue weighted by Crippen LogP contribution is -2.40. The lowest BCUT2D eigenvalue weighted by atomic mass is 9.92. The van der Waals surface area contributed by atoms with Gasteiger partial charge in [0.15, 0.2) is 0 Å². The highest BCUT2D eigenvalue weighted by Crippen LogP contribution is 2.23. The summed E-state index contributed by atoms with van der Waals surface area (Å²) in [7, 11) is -3.71. The molecule has 10 heteroatoms. The summed E-state index contributed by atoms with van der Waals surface area (Å²) >= 11 is 0. The Bertz CT molecular complexity index is 1010. The number of amides is 1. The summed E-state index contributed by atoms with van der Waals surface area (Å²) in [5.74, 6) is -2.30. The van der Waals surface area contributed by atoms with E-state index in [9.17, 15) is 27.9 Å². The predicted molar refractivity (Wildman–Crippen MR) is 117 cm³/mol. The molecule has 2 rings (SSSR count). The summed E-state index contributed by atoms with van der Waals surface area (Å²) in [4.78, 5) is 34.7. The van der Waals surface area contributed by atoms with Crippen LogP contribution in [0.25, 0.3) is 0 Å². The number of aldehydes is 1. The number of unbranched alkanes of at least 4 members (excludes halogenated alkanes) is 1. The zero-order chi connectivity index (χ0) is 23.6. The van der Waals surface area contributed by atoms with E-state index in [-0.39, 0.29) is 17.2 Å². The number of phenolic OH excluding ortho intramolecular Hbond substituents is 1. The first-order valence-corrected chi connectivity index (χ1v) is 11.5. The van der Waals surface area contributed by atoms with E-state index in [1.807, 2.05) is 0 Å². The molecule has 32 heavy (non-hydrogen) atoms. The van der Waals surface area contributed by atoms with E-state index in [1.54, 1.807) is 30.3 Å². The smallest absolute Gasteiger partial charge is 0.305 e. The third-order valence-electron chi connectivity index (χ3n) is 4.76. The fourth-order valence-electron chi connectivity index (χ4n) is 3.13. The quantitative estimate of drug-likeness (QED) is 0.262. The number of hydrogen-bond acceptors (Lipinski definition) is 6. The van der Waals surface area contributed by atoms with Crippen LogP contribution in [0.2, 0.25) is 0 Å². The number of sulfonamides is 1. The number of hydrogen-bond donors (Lipinski definition) is 4. The molecule has 172 valence electrons. The van der Waals surface area contributed by atoms with Crippen LogP contribution in [-0.2, 0) is 24.4 Å². The lowest BCUT2D eigenvalue weighted by molar-refractivity contribution is -0.138. The lowest BCUT2D eigenvalue weighted by Gasteiger charge is -2.19. The van der Waals surface area contributed by atoms with E-state index >= 15 is 0 Å². The zero-order valence-corrected chi connectivity index (χ0v) is 18.1. The number of benzene rings is 2. The third kappa shape index (κ3) is 7.78. The van der Waals surface area contributed by atoms with Crippen LogP contribution < -0.4 is 10.0 Å². The molecule has 0 saturated carbocycles. The van der Waals surface area contributed by atoms with E-state index < -0.39 is 40.3 Å². The van der Waals surface area contributed by atoms with Crippen LogP contribution in [0.4, 0.5) is 0 Å². The van der Waals surface area contributed by atoms with E-state index in [2.05, 4.69) is 10.0 Å². The molecule has 1 amide bonds. The molecule has 1 unspecified atom stereocenters. The largest absolute Gasteiger partial charge is 0.508 e. The van der Waals surface area contributed by atoms with E-state index in [1.165, 1.54) is 24.3 Å². The molecule has 0 aliphatic heterocycles. The normalized spacial score (nSPS) is 13.1. The number of aliphatic carboxylic acids is 1. The molecule has 0 saturated heterocycles. The fourth-order valence-corrected chi connectivity index (χ4v) is 4.20. The summed E-state index contributed by atoms with van der Waals surface area (Å²) in [5, 5.41) is 20.6. The minimum Gasteiger partial charge on any atom is -0.508 e. The van der Waals surface area contributed by atoms with Crippen molar-refractivity contribution in [2.75, 3.05) is 6.54 Å². The summed E-state index contributed by atoms with van der Waals surface area (Å²) in [6.07, 6.45) is 1.24. The first-order valence-electron chi connectivity index (χ1n) is 10.0. The summed E-state index contributed by atoms with van der Waals surface area (Å²) in [6, 6.07) is 12.9. The Balaban J connectivity index is 1.94. The maximum Gasteiger partial charge on any atom is 0.305 e. The molecule has 0 aliphatic rings. The number of rotatable bonds is 13. The number of phenols is 1. The van der Waals surface area contributed by atoms with Crippen LogP contribution in [0.3, 0.4) is 0 Å². The SMILES string of the molecule is O=C[C@H](CC(=O)O)NC(=O)C(CCCCNS(=O)(=O)c1ccc(O)cc1)c1ccccc1. The second-order valence-corrected chi connectivity index (χ2v) is 8.97. The first-order chi connectivity index (χ1) is 15.2. The van der Waals surface area contributed by atoms with Gasteiger partial charge in [0.1, 0.15) is 12.0 Å². The highest BCUT2D eigenvalue weighted by molar-refractivity contribution is 7.89. The average molecular weight is 463 g/mol. The van der Waals surface area contributed by atoms with Crippen molar-refractivity contribution >= 4 is 28.2 Å². The number of carboxylic acid groups (broad SMARTS) is 1. The molecule has 4 N–H and O–H groups in total. The van der Waals surface area contributed by atoms with Gasteiger partial charge in [0.2, 0.25) is 15.9 Å². The molecule has 0 aliphatic carbocycles. The molecule has 0 radical (unpaired) electrons. The maximum atomic E-state index is 12.7. The van der Waals surface area contributed by atoms with Crippen molar-refractivity contribution in [1.82, 2.24) is 10.0 Å². The Kier molecular flexibility index (Phi) is 9.36. The van der Waals surface area contributed by atoms with Crippen molar-refractivity contribution in [1.29, 1.82) is 0 Å². The average Bonchev–Trinajstić information content (AvgIpc) is 2.76. The molecule has 0 fully saturated rings. The van der Waals surface area contributed by atoms with Crippen LogP contribution in [0, 0.1) is 0 Å². The third-order valence-corrected chi connectivity index (χ3v) is 6.24. The van der Waals surface area contributed by atoms with Crippen molar-refractivity contribution < 1.29 is 33.0 Å². The molecule has 2 aromatic carbocycles. The number of carbonyl (C=O) groups excluding carboxylic acids is 2. The van der Waals surface area contributed by atoms with Crippen LogP contribution in [-0.4, -0.2) is 49.4 Å². The molecule has 2 aromatic rings. The van der Waals surface area contributed by atoms with E-state index in [0.717, 1.165) is 5.56 Å². The standard InChI is InChI=1S/C22H26N2O7S/c25-15-17(14-21(27)28)24-22(29)20(16-6-2-1-3-7-16)8-4-5-13-23-32(30,31)19-11-9-18(26)10-12-19/h1-3,6-7,9-12,15,17,20,23,26H,4-5,8,13-14H2,(H,24,29)(H,27,28)/t17-,20?/m0/s1. The van der Waals surface area contributed by atoms with Gasteiger partial charge in [-0.15, -0.1) is 0 Å². The highest BCUT2D eigenvalue weighted by atomic mass is 32.2. The van der Waals surface area contributed by atoms with Gasteiger partial charge < -0.3 is 20.3 Å². The molecular weight excluding hydrogens is 436 g/mol. The van der Waals surface area contributed by atoms with E-state index in [4.69, 9.17) is 5.11 Å². The van der Waals surface area contributed by atoms with Crippen LogP contribution >= 0.6 is 0 Å². The van der Waals surface area contributed by atoms with Gasteiger partial charge in [-0.1, -0.05) is 36.8 Å². The Hall–Kier alpha value is -3.24. The summed E-state index contributed by atoms with van der Waals surface area (Å²) in [5.41, 5.74) is 0.717. The minimum atomic E-state index is -3.71. The second-order valence-electron chi connectivity index (χ2n) is 7.20. The minimum absolute atomic E-state index is 0.0330. The molecule has 9 nitrogen and oxygen atoms in total. The van der Waals surface area contributed by atoms with Gasteiger partial charge in [-0.25, -0.2) is 13.1 Å². The van der Waals surface area contributed by atoms with E-state index in [0.29, 0.717) is 25.5 Å². The molecule has 0 spiro atoms.